The number of carbonyl (C=O) groups is 2. The van der Waals surface area contributed by atoms with Gasteiger partial charge in [0.25, 0.3) is 0 Å². The lowest BCUT2D eigenvalue weighted by molar-refractivity contribution is -0.122. The topological polar surface area (TPSA) is 58.6 Å². The second-order valence-corrected chi connectivity index (χ2v) is 5.35. The Hall–Kier alpha value is -1.88. The average molecular weight is 274 g/mol. The maximum Gasteiger partial charge on any atom is 0.231 e. The Labute approximate surface area is 117 Å². The van der Waals surface area contributed by atoms with Crippen LogP contribution in [0.15, 0.2) is 18.2 Å². The van der Waals surface area contributed by atoms with Gasteiger partial charge in [-0.25, -0.2) is 0 Å². The molecule has 1 aromatic rings. The van der Waals surface area contributed by atoms with E-state index in [1.165, 1.54) is 0 Å². The summed E-state index contributed by atoms with van der Waals surface area (Å²) in [6.07, 6.45) is 1.96. The van der Waals surface area contributed by atoms with Crippen molar-refractivity contribution in [1.82, 2.24) is 0 Å². The molecule has 2 aliphatic heterocycles. The van der Waals surface area contributed by atoms with Crippen LogP contribution in [0.2, 0.25) is 0 Å². The number of rotatable bonds is 2. The third-order valence-corrected chi connectivity index (χ3v) is 4.02. The number of ether oxygens (including phenoxy) is 1. The minimum Gasteiger partial charge on any atom is -0.381 e. The van der Waals surface area contributed by atoms with Gasteiger partial charge in [0.15, 0.2) is 0 Å². The van der Waals surface area contributed by atoms with E-state index in [1.807, 2.05) is 18.2 Å². The van der Waals surface area contributed by atoms with Gasteiger partial charge in [-0.1, -0.05) is 0 Å². The summed E-state index contributed by atoms with van der Waals surface area (Å²) in [6.45, 7) is 1.31. The van der Waals surface area contributed by atoms with Gasteiger partial charge in [0.1, 0.15) is 0 Å². The van der Waals surface area contributed by atoms with E-state index in [1.54, 1.807) is 11.9 Å². The number of likely N-dealkylation sites (N-methyl/N-ethyl adjacent to an activating group) is 1. The predicted octanol–water partition coefficient (Wildman–Crippen LogP) is 1.57. The minimum absolute atomic E-state index is 0.0290. The van der Waals surface area contributed by atoms with Crippen LogP contribution in [0.3, 0.4) is 0 Å². The Kier molecular flexibility index (Phi) is 3.44. The smallest absolute Gasteiger partial charge is 0.231 e. The molecule has 1 fully saturated rings. The van der Waals surface area contributed by atoms with Gasteiger partial charge in [-0.3, -0.25) is 9.59 Å². The number of carbonyl (C=O) groups excluding carboxylic acids is 2. The van der Waals surface area contributed by atoms with Crippen LogP contribution < -0.4 is 10.2 Å². The van der Waals surface area contributed by atoms with Gasteiger partial charge in [0.2, 0.25) is 11.8 Å². The van der Waals surface area contributed by atoms with Crippen molar-refractivity contribution in [3.8, 4) is 0 Å². The first-order chi connectivity index (χ1) is 9.65. The molecule has 0 atom stereocenters. The Bertz CT molecular complexity index is 550. The van der Waals surface area contributed by atoms with Crippen molar-refractivity contribution in [3.63, 3.8) is 0 Å². The molecule has 2 heterocycles. The van der Waals surface area contributed by atoms with Crippen LogP contribution in [0.25, 0.3) is 0 Å². The quantitative estimate of drug-likeness (QED) is 0.890. The molecule has 3 rings (SSSR count). The number of nitrogens with one attached hydrogen (secondary N) is 1. The molecule has 0 aliphatic carbocycles. The zero-order valence-corrected chi connectivity index (χ0v) is 11.5. The van der Waals surface area contributed by atoms with Crippen LogP contribution >= 0.6 is 0 Å². The fourth-order valence-corrected chi connectivity index (χ4v) is 2.75. The molecule has 0 spiro atoms. The first-order valence-electron chi connectivity index (χ1n) is 6.93. The molecule has 106 valence electrons. The molecule has 20 heavy (non-hydrogen) atoms. The van der Waals surface area contributed by atoms with Gasteiger partial charge in [-0.15, -0.1) is 0 Å². The number of hydrogen-bond acceptors (Lipinski definition) is 3. The highest BCUT2D eigenvalue weighted by Gasteiger charge is 2.25. The van der Waals surface area contributed by atoms with E-state index in [-0.39, 0.29) is 17.7 Å². The maximum absolute atomic E-state index is 12.2. The minimum atomic E-state index is 0.0290. The van der Waals surface area contributed by atoms with Gasteiger partial charge in [-0.2, -0.15) is 0 Å². The molecule has 5 nitrogen and oxygen atoms in total. The standard InChI is InChI=1S/C15H18N2O3/c1-17-13-3-2-12(8-11(13)9-14(17)18)16-15(19)10-4-6-20-7-5-10/h2-3,8,10H,4-7,9H2,1H3,(H,16,19). The normalized spacial score (nSPS) is 19.1. The van der Waals surface area contributed by atoms with Crippen LogP contribution in [0.4, 0.5) is 11.4 Å². The monoisotopic (exact) mass is 274 g/mol. The van der Waals surface area contributed by atoms with Crippen molar-refractivity contribution in [3.05, 3.63) is 23.8 Å². The summed E-state index contributed by atoms with van der Waals surface area (Å²) in [4.78, 5) is 25.4. The number of hydrogen-bond donors (Lipinski definition) is 1. The Balaban J connectivity index is 1.71. The zero-order chi connectivity index (χ0) is 14.1. The molecule has 1 saturated heterocycles. The number of amides is 2. The fourth-order valence-electron chi connectivity index (χ4n) is 2.75. The van der Waals surface area contributed by atoms with Crippen LogP contribution in [-0.4, -0.2) is 32.1 Å². The fraction of sp³-hybridized carbons (Fsp3) is 0.467. The number of fused-ring (bicyclic) bond motifs is 1. The maximum atomic E-state index is 12.2. The molecule has 0 bridgehead atoms. The van der Waals surface area contributed by atoms with Crippen molar-refractivity contribution in [2.45, 2.75) is 19.3 Å². The Morgan fingerprint density at radius 2 is 2.10 bits per heavy atom. The summed E-state index contributed by atoms with van der Waals surface area (Å²) in [6, 6.07) is 5.64. The summed E-state index contributed by atoms with van der Waals surface area (Å²) in [7, 11) is 1.77. The van der Waals surface area contributed by atoms with Crippen molar-refractivity contribution in [2.75, 3.05) is 30.5 Å². The summed E-state index contributed by atoms with van der Waals surface area (Å²) < 4.78 is 5.26. The van der Waals surface area contributed by atoms with Crippen molar-refractivity contribution in [1.29, 1.82) is 0 Å². The second kappa shape index (κ2) is 5.25. The SMILES string of the molecule is CN1C(=O)Cc2cc(NC(=O)C3CCOCC3)ccc21. The van der Waals surface area contributed by atoms with Gasteiger partial charge < -0.3 is 15.0 Å². The molecule has 2 aliphatic rings. The number of anilines is 2. The van der Waals surface area contributed by atoms with Crippen molar-refractivity contribution >= 4 is 23.2 Å². The van der Waals surface area contributed by atoms with E-state index in [0.717, 1.165) is 29.8 Å². The lowest BCUT2D eigenvalue weighted by atomic mass is 9.99. The molecule has 0 saturated carbocycles. The highest BCUT2D eigenvalue weighted by molar-refractivity contribution is 6.02. The number of benzene rings is 1. The molecule has 2 amide bonds. The lowest BCUT2D eigenvalue weighted by Crippen LogP contribution is -2.28. The van der Waals surface area contributed by atoms with Crippen LogP contribution in [-0.2, 0) is 20.7 Å². The summed E-state index contributed by atoms with van der Waals surface area (Å²) in [5.74, 6) is 0.167. The third kappa shape index (κ3) is 2.41. The molecular formula is C15H18N2O3. The highest BCUT2D eigenvalue weighted by atomic mass is 16.5. The van der Waals surface area contributed by atoms with Gasteiger partial charge in [0, 0.05) is 37.6 Å². The Morgan fingerprint density at radius 3 is 2.85 bits per heavy atom. The molecule has 1 aromatic carbocycles. The molecule has 5 heteroatoms. The predicted molar refractivity (Wildman–Crippen MR) is 75.7 cm³/mol. The van der Waals surface area contributed by atoms with Gasteiger partial charge in [-0.05, 0) is 36.6 Å². The second-order valence-electron chi connectivity index (χ2n) is 5.35. The Morgan fingerprint density at radius 1 is 1.35 bits per heavy atom. The molecular weight excluding hydrogens is 256 g/mol. The van der Waals surface area contributed by atoms with Crippen molar-refractivity contribution in [2.24, 2.45) is 5.92 Å². The van der Waals surface area contributed by atoms with Crippen LogP contribution in [0.5, 0.6) is 0 Å². The van der Waals surface area contributed by atoms with E-state index < -0.39 is 0 Å². The third-order valence-electron chi connectivity index (χ3n) is 4.02. The van der Waals surface area contributed by atoms with Crippen molar-refractivity contribution < 1.29 is 14.3 Å². The van der Waals surface area contributed by atoms with Crippen LogP contribution in [0, 0.1) is 5.92 Å². The molecule has 0 radical (unpaired) electrons. The van der Waals surface area contributed by atoms with E-state index in [2.05, 4.69) is 5.32 Å². The number of nitrogens with zero attached hydrogens (tertiary/aromatic N) is 1. The van der Waals surface area contributed by atoms with E-state index >= 15 is 0 Å². The summed E-state index contributed by atoms with van der Waals surface area (Å²) >= 11 is 0. The summed E-state index contributed by atoms with van der Waals surface area (Å²) in [5, 5.41) is 2.95. The largest absolute Gasteiger partial charge is 0.381 e. The van der Waals surface area contributed by atoms with E-state index in [0.29, 0.717) is 19.6 Å². The molecule has 0 unspecified atom stereocenters. The average Bonchev–Trinajstić information content (AvgIpc) is 2.74. The first-order valence-corrected chi connectivity index (χ1v) is 6.93. The van der Waals surface area contributed by atoms with Gasteiger partial charge in [0.05, 0.1) is 6.42 Å². The van der Waals surface area contributed by atoms with Gasteiger partial charge >= 0.3 is 0 Å². The first kappa shape index (κ1) is 13.1. The van der Waals surface area contributed by atoms with Crippen LogP contribution in [0.1, 0.15) is 18.4 Å². The highest BCUT2D eigenvalue weighted by Crippen LogP contribution is 2.30. The van der Waals surface area contributed by atoms with E-state index in [4.69, 9.17) is 4.74 Å². The van der Waals surface area contributed by atoms with E-state index in [9.17, 15) is 9.59 Å². The zero-order valence-electron chi connectivity index (χ0n) is 11.5. The molecule has 0 aromatic heterocycles. The molecule has 1 N–H and O–H groups in total. The summed E-state index contributed by atoms with van der Waals surface area (Å²) in [5.41, 5.74) is 2.67. The lowest BCUT2D eigenvalue weighted by Gasteiger charge is -2.21.